The molecular formula is C33H29N5O4S. The third kappa shape index (κ3) is 5.03. The molecule has 6 aromatic rings. The van der Waals surface area contributed by atoms with Crippen LogP contribution in [-0.2, 0) is 14.3 Å². The molecular weight excluding hydrogens is 562 g/mol. The largest absolute Gasteiger partial charge is 0.387 e. The minimum atomic E-state index is -3.99. The van der Waals surface area contributed by atoms with Crippen LogP contribution in [0.4, 0.5) is 5.82 Å². The summed E-state index contributed by atoms with van der Waals surface area (Å²) in [5.74, 6) is 0.919. The van der Waals surface area contributed by atoms with Gasteiger partial charge in [-0.2, -0.15) is 8.42 Å². The Kier molecular flexibility index (Phi) is 6.50. The molecule has 9 nitrogen and oxygen atoms in total. The van der Waals surface area contributed by atoms with E-state index in [-0.39, 0.29) is 30.3 Å². The summed E-state index contributed by atoms with van der Waals surface area (Å²) in [5, 5.41) is 12.1. The second-order valence-electron chi connectivity index (χ2n) is 11.2. The predicted octanol–water partition coefficient (Wildman–Crippen LogP) is 5.52. The molecule has 0 aliphatic heterocycles. The normalized spacial score (nSPS) is 18.6. The number of aliphatic hydroxyl groups is 1. The summed E-state index contributed by atoms with van der Waals surface area (Å²) in [6, 6.07) is 26.5. The molecule has 3 aromatic heterocycles. The molecule has 0 atom stereocenters. The smallest absolute Gasteiger partial charge is 0.297 e. The lowest BCUT2D eigenvalue weighted by atomic mass is 9.71. The summed E-state index contributed by atoms with van der Waals surface area (Å²) >= 11 is 0. The van der Waals surface area contributed by atoms with Crippen molar-refractivity contribution in [2.45, 2.75) is 36.2 Å². The second kappa shape index (κ2) is 10.3. The average Bonchev–Trinajstić information content (AvgIpc) is 3.39. The first kappa shape index (κ1) is 27.2. The molecule has 3 N–H and O–H groups in total. The van der Waals surface area contributed by atoms with E-state index in [1.165, 1.54) is 12.1 Å². The van der Waals surface area contributed by atoms with Crippen LogP contribution in [0.15, 0.2) is 102 Å². The quantitative estimate of drug-likeness (QED) is 0.232. The third-order valence-corrected chi connectivity index (χ3v) is 9.33. The Labute approximate surface area is 248 Å². The van der Waals surface area contributed by atoms with E-state index in [1.807, 2.05) is 65.9 Å². The van der Waals surface area contributed by atoms with E-state index in [4.69, 9.17) is 19.9 Å². The number of nitrogens with zero attached hydrogens (tertiary/aromatic N) is 4. The van der Waals surface area contributed by atoms with Gasteiger partial charge in [0, 0.05) is 34.8 Å². The summed E-state index contributed by atoms with van der Waals surface area (Å²) < 4.78 is 32.5. The summed E-state index contributed by atoms with van der Waals surface area (Å²) in [4.78, 5) is 14.3. The zero-order valence-corrected chi connectivity index (χ0v) is 24.2. The molecule has 1 aliphatic carbocycles. The van der Waals surface area contributed by atoms with Gasteiger partial charge in [-0.3, -0.25) is 8.58 Å². The monoisotopic (exact) mass is 591 g/mol. The van der Waals surface area contributed by atoms with E-state index >= 15 is 0 Å². The molecule has 0 unspecified atom stereocenters. The minimum Gasteiger partial charge on any atom is -0.387 e. The van der Waals surface area contributed by atoms with Gasteiger partial charge < -0.3 is 10.8 Å². The number of rotatable bonds is 7. The number of hydrogen-bond acceptors (Lipinski definition) is 8. The topological polar surface area (TPSA) is 133 Å². The molecule has 0 spiro atoms. The van der Waals surface area contributed by atoms with Gasteiger partial charge in [0.2, 0.25) is 0 Å². The van der Waals surface area contributed by atoms with Gasteiger partial charge >= 0.3 is 0 Å². The molecule has 0 saturated heterocycles. The summed E-state index contributed by atoms with van der Waals surface area (Å²) in [5.41, 5.74) is 10.9. The van der Waals surface area contributed by atoms with E-state index < -0.39 is 15.7 Å². The van der Waals surface area contributed by atoms with Gasteiger partial charge in [0.05, 0.1) is 28.3 Å². The van der Waals surface area contributed by atoms with Crippen LogP contribution >= 0.6 is 0 Å². The standard InChI is InChI=1S/C33H29N5O4S/c1-21-7-12-26(13-8-21)43(40,41)42-20-33(39)18-25(19-33)32-37-29(30-31(34)35-15-16-38(30)32)24-10-9-23-11-14-27(36-28(23)17-24)22-5-3-2-4-6-22/h2-17,25,39H,18-20H2,1H3,(H2,34,35). The molecule has 10 heteroatoms. The van der Waals surface area contributed by atoms with E-state index in [0.29, 0.717) is 17.0 Å². The van der Waals surface area contributed by atoms with Gasteiger partial charge in [-0.15, -0.1) is 0 Å². The molecule has 3 aromatic carbocycles. The van der Waals surface area contributed by atoms with Gasteiger partial charge in [0.15, 0.2) is 0 Å². The van der Waals surface area contributed by atoms with Crippen LogP contribution in [0.3, 0.4) is 0 Å². The number of benzene rings is 3. The first-order chi connectivity index (χ1) is 20.7. The highest BCUT2D eigenvalue weighted by Gasteiger charge is 2.46. The van der Waals surface area contributed by atoms with Crippen molar-refractivity contribution < 1.29 is 17.7 Å². The highest BCUT2D eigenvalue weighted by atomic mass is 32.2. The Morgan fingerprint density at radius 2 is 1.72 bits per heavy atom. The number of hydrogen-bond donors (Lipinski definition) is 2. The van der Waals surface area contributed by atoms with Crippen molar-refractivity contribution in [3.8, 4) is 22.5 Å². The number of nitrogen functional groups attached to an aromatic ring is 1. The fourth-order valence-corrected chi connectivity index (χ4v) is 6.71. The van der Waals surface area contributed by atoms with Crippen LogP contribution in [0, 0.1) is 6.92 Å². The number of nitrogens with two attached hydrogens (primary N) is 1. The molecule has 1 aliphatic rings. The first-order valence-corrected chi connectivity index (χ1v) is 15.4. The molecule has 1 saturated carbocycles. The van der Waals surface area contributed by atoms with Crippen LogP contribution in [0.1, 0.15) is 30.1 Å². The van der Waals surface area contributed by atoms with Gasteiger partial charge in [0.25, 0.3) is 10.1 Å². The maximum atomic E-state index is 12.7. The molecule has 0 amide bonds. The number of fused-ring (bicyclic) bond motifs is 2. The Morgan fingerprint density at radius 3 is 2.49 bits per heavy atom. The Hall–Kier alpha value is -4.64. The van der Waals surface area contributed by atoms with Gasteiger partial charge in [-0.1, -0.05) is 66.2 Å². The molecule has 216 valence electrons. The van der Waals surface area contributed by atoms with E-state index in [2.05, 4.69) is 11.1 Å². The van der Waals surface area contributed by atoms with Gasteiger partial charge in [-0.25, -0.2) is 15.0 Å². The van der Waals surface area contributed by atoms with Crippen LogP contribution < -0.4 is 5.73 Å². The Balaban J connectivity index is 1.17. The maximum Gasteiger partial charge on any atom is 0.297 e. The number of aromatic nitrogens is 4. The first-order valence-electron chi connectivity index (χ1n) is 14.0. The molecule has 43 heavy (non-hydrogen) atoms. The van der Waals surface area contributed by atoms with Crippen molar-refractivity contribution in [3.63, 3.8) is 0 Å². The number of anilines is 1. The SMILES string of the molecule is Cc1ccc(S(=O)(=O)OCC2(O)CC(c3nc(-c4ccc5ccc(-c6ccccc6)nc5c4)c4c(N)nccn34)C2)cc1. The highest BCUT2D eigenvalue weighted by Crippen LogP contribution is 2.46. The van der Waals surface area contributed by atoms with E-state index in [9.17, 15) is 13.5 Å². The lowest BCUT2D eigenvalue weighted by Gasteiger charge is -2.42. The molecule has 3 heterocycles. The van der Waals surface area contributed by atoms with Crippen LogP contribution in [0.2, 0.25) is 0 Å². The van der Waals surface area contributed by atoms with Crippen LogP contribution in [-0.4, -0.2) is 45.1 Å². The predicted molar refractivity (Wildman–Crippen MR) is 165 cm³/mol. The summed E-state index contributed by atoms with van der Waals surface area (Å²) in [6.45, 7) is 1.54. The molecule has 1 fully saturated rings. The van der Waals surface area contributed by atoms with Crippen molar-refractivity contribution in [1.29, 1.82) is 0 Å². The van der Waals surface area contributed by atoms with Gasteiger partial charge in [0.1, 0.15) is 22.9 Å². The zero-order chi connectivity index (χ0) is 29.8. The number of aryl methyl sites for hydroxylation is 1. The fourth-order valence-electron chi connectivity index (χ4n) is 5.73. The summed E-state index contributed by atoms with van der Waals surface area (Å²) in [6.07, 6.45) is 4.00. The van der Waals surface area contributed by atoms with Crippen LogP contribution in [0.25, 0.3) is 38.9 Å². The third-order valence-electron chi connectivity index (χ3n) is 8.06. The fraction of sp³-hybridized carbons (Fsp3) is 0.182. The molecule has 7 rings (SSSR count). The van der Waals surface area contributed by atoms with Gasteiger partial charge in [-0.05, 0) is 44.0 Å². The molecule has 0 bridgehead atoms. The lowest BCUT2D eigenvalue weighted by molar-refractivity contribution is -0.0800. The van der Waals surface area contributed by atoms with Crippen molar-refractivity contribution in [3.05, 3.63) is 109 Å². The van der Waals surface area contributed by atoms with Crippen molar-refractivity contribution in [1.82, 2.24) is 19.4 Å². The van der Waals surface area contributed by atoms with Crippen molar-refractivity contribution in [2.75, 3.05) is 12.3 Å². The lowest BCUT2D eigenvalue weighted by Crippen LogP contribution is -2.47. The highest BCUT2D eigenvalue weighted by molar-refractivity contribution is 7.86. The Morgan fingerprint density at radius 1 is 0.977 bits per heavy atom. The second-order valence-corrected chi connectivity index (χ2v) is 12.8. The Bertz CT molecular complexity index is 2090. The maximum absolute atomic E-state index is 12.7. The van der Waals surface area contributed by atoms with Crippen molar-refractivity contribution in [2.24, 2.45) is 0 Å². The average molecular weight is 592 g/mol. The minimum absolute atomic E-state index is 0.0604. The summed E-state index contributed by atoms with van der Waals surface area (Å²) in [7, 11) is -3.99. The van der Waals surface area contributed by atoms with Crippen molar-refractivity contribution >= 4 is 32.4 Å². The van der Waals surface area contributed by atoms with E-state index in [0.717, 1.165) is 39.1 Å². The number of pyridine rings is 1. The molecule has 0 radical (unpaired) electrons. The van der Waals surface area contributed by atoms with E-state index in [1.54, 1.807) is 24.5 Å². The number of imidazole rings is 1. The van der Waals surface area contributed by atoms with Crippen LogP contribution in [0.5, 0.6) is 0 Å². The zero-order valence-electron chi connectivity index (χ0n) is 23.4.